The minimum Gasteiger partial charge on any atom is -0.497 e. The summed E-state index contributed by atoms with van der Waals surface area (Å²) in [5, 5.41) is 0. The van der Waals surface area contributed by atoms with Crippen molar-refractivity contribution in [2.24, 2.45) is 11.8 Å². The number of benzene rings is 1. The normalized spacial score (nSPS) is 21.5. The molecule has 3 rings (SSSR count). The van der Waals surface area contributed by atoms with Gasteiger partial charge in [0.15, 0.2) is 12.4 Å². The molecule has 0 N–H and O–H groups in total. The van der Waals surface area contributed by atoms with Crippen LogP contribution >= 0.6 is 0 Å². The number of likely N-dealkylation sites (tertiary alicyclic amines) is 1. The molecule has 1 aromatic carbocycles. The largest absolute Gasteiger partial charge is 0.497 e. The minimum atomic E-state index is -0.783. The zero-order valence-electron chi connectivity index (χ0n) is 14.3. The van der Waals surface area contributed by atoms with E-state index in [1.54, 1.807) is 24.3 Å². The van der Waals surface area contributed by atoms with E-state index in [1.807, 2.05) is 12.2 Å². The molecule has 1 aromatic rings. The van der Waals surface area contributed by atoms with Crippen LogP contribution in [0.5, 0.6) is 5.75 Å². The average Bonchev–Trinajstić information content (AvgIpc) is 2.91. The molecule has 0 saturated carbocycles. The molecule has 2 atom stereocenters. The van der Waals surface area contributed by atoms with Gasteiger partial charge in [-0.25, -0.2) is 0 Å². The monoisotopic (exact) mass is 357 g/mol. The van der Waals surface area contributed by atoms with Crippen molar-refractivity contribution in [2.75, 3.05) is 20.3 Å². The maximum Gasteiger partial charge on any atom is 0.326 e. The number of hydrogen-bond acceptors (Lipinski definition) is 6. The van der Waals surface area contributed by atoms with Crippen LogP contribution in [0.1, 0.15) is 23.2 Å². The Kier molecular flexibility index (Phi) is 5.16. The fourth-order valence-electron chi connectivity index (χ4n) is 3.23. The number of imide groups is 1. The Morgan fingerprint density at radius 1 is 1.12 bits per heavy atom. The van der Waals surface area contributed by atoms with Crippen LogP contribution in [0.25, 0.3) is 0 Å². The molecule has 26 heavy (non-hydrogen) atoms. The highest BCUT2D eigenvalue weighted by Crippen LogP contribution is 2.34. The van der Waals surface area contributed by atoms with Gasteiger partial charge in [0.2, 0.25) is 11.8 Å². The first-order valence-electron chi connectivity index (χ1n) is 8.34. The summed E-state index contributed by atoms with van der Waals surface area (Å²) in [6.07, 6.45) is 4.77. The lowest BCUT2D eigenvalue weighted by Gasteiger charge is -2.14. The van der Waals surface area contributed by atoms with Crippen LogP contribution in [-0.2, 0) is 19.1 Å². The Bertz CT molecular complexity index is 758. The molecule has 0 radical (unpaired) electrons. The molecule has 1 heterocycles. The number of fused-ring (bicyclic) bond motifs is 1. The van der Waals surface area contributed by atoms with Crippen molar-refractivity contribution >= 4 is 23.6 Å². The van der Waals surface area contributed by atoms with Gasteiger partial charge < -0.3 is 9.47 Å². The summed E-state index contributed by atoms with van der Waals surface area (Å²) in [4.78, 5) is 49.6. The molecule has 7 nitrogen and oxygen atoms in total. The number of allylic oxidation sites excluding steroid dienone is 2. The highest BCUT2D eigenvalue weighted by atomic mass is 16.5. The molecule has 0 bridgehead atoms. The molecule has 0 unspecified atom stereocenters. The molecular weight excluding hydrogens is 338 g/mol. The number of ether oxygens (including phenoxy) is 2. The van der Waals surface area contributed by atoms with Crippen LogP contribution in [0, 0.1) is 11.8 Å². The van der Waals surface area contributed by atoms with E-state index in [9.17, 15) is 19.2 Å². The van der Waals surface area contributed by atoms with E-state index >= 15 is 0 Å². The van der Waals surface area contributed by atoms with Crippen molar-refractivity contribution < 1.29 is 28.7 Å². The quantitative estimate of drug-likeness (QED) is 0.331. The molecular formula is C19H19NO6. The number of hydrogen-bond donors (Lipinski definition) is 0. The van der Waals surface area contributed by atoms with Crippen molar-refractivity contribution in [1.82, 2.24) is 4.90 Å². The summed E-state index contributed by atoms with van der Waals surface area (Å²) in [5.74, 6) is -2.13. The molecule has 1 aliphatic carbocycles. The lowest BCUT2D eigenvalue weighted by molar-refractivity contribution is -0.152. The van der Waals surface area contributed by atoms with Crippen molar-refractivity contribution in [3.63, 3.8) is 0 Å². The smallest absolute Gasteiger partial charge is 0.326 e. The van der Waals surface area contributed by atoms with Crippen LogP contribution in [-0.4, -0.2) is 48.7 Å². The Labute approximate surface area is 150 Å². The van der Waals surface area contributed by atoms with Crippen LogP contribution in [0.2, 0.25) is 0 Å². The van der Waals surface area contributed by atoms with Gasteiger partial charge in [-0.1, -0.05) is 24.3 Å². The second kappa shape index (κ2) is 7.51. The zero-order valence-corrected chi connectivity index (χ0v) is 14.3. The molecule has 1 aliphatic heterocycles. The van der Waals surface area contributed by atoms with Gasteiger partial charge in [-0.15, -0.1) is 0 Å². The van der Waals surface area contributed by atoms with Gasteiger partial charge in [0, 0.05) is 5.56 Å². The van der Waals surface area contributed by atoms with Crippen molar-refractivity contribution in [3.8, 4) is 5.75 Å². The third-order valence-electron chi connectivity index (χ3n) is 4.64. The lowest BCUT2D eigenvalue weighted by atomic mass is 9.85. The van der Waals surface area contributed by atoms with E-state index in [2.05, 4.69) is 0 Å². The van der Waals surface area contributed by atoms with Crippen LogP contribution in [0.3, 0.4) is 0 Å². The van der Waals surface area contributed by atoms with Gasteiger partial charge in [-0.2, -0.15) is 0 Å². The summed E-state index contributed by atoms with van der Waals surface area (Å²) in [5.41, 5.74) is 0.350. The second-order valence-corrected chi connectivity index (χ2v) is 6.23. The zero-order chi connectivity index (χ0) is 18.7. The summed E-state index contributed by atoms with van der Waals surface area (Å²) in [7, 11) is 1.49. The number of Topliss-reactive ketones (excluding diaryl/α,β-unsaturated/α-hetero) is 1. The number of methoxy groups -OCH3 is 1. The number of esters is 1. The molecule has 2 amide bonds. The van der Waals surface area contributed by atoms with E-state index in [0.29, 0.717) is 24.2 Å². The third kappa shape index (κ3) is 3.51. The molecule has 2 aliphatic rings. The van der Waals surface area contributed by atoms with Crippen LogP contribution < -0.4 is 4.74 Å². The van der Waals surface area contributed by atoms with E-state index < -0.39 is 36.7 Å². The topological polar surface area (TPSA) is 90.0 Å². The number of carbonyl (C=O) groups excluding carboxylic acids is 4. The molecule has 1 fully saturated rings. The number of nitrogens with zero attached hydrogens (tertiary/aromatic N) is 1. The van der Waals surface area contributed by atoms with Crippen LogP contribution in [0.4, 0.5) is 0 Å². The molecule has 1 saturated heterocycles. The van der Waals surface area contributed by atoms with Gasteiger partial charge >= 0.3 is 5.97 Å². The Balaban J connectivity index is 1.55. The van der Waals surface area contributed by atoms with Gasteiger partial charge in [0.1, 0.15) is 12.3 Å². The van der Waals surface area contributed by atoms with E-state index in [1.165, 1.54) is 7.11 Å². The summed E-state index contributed by atoms with van der Waals surface area (Å²) in [6.45, 7) is -0.924. The predicted molar refractivity (Wildman–Crippen MR) is 90.4 cm³/mol. The summed E-state index contributed by atoms with van der Waals surface area (Å²) < 4.78 is 10.00. The fraction of sp³-hybridized carbons (Fsp3) is 0.368. The van der Waals surface area contributed by atoms with Crippen LogP contribution in [0.15, 0.2) is 36.4 Å². The van der Waals surface area contributed by atoms with Gasteiger partial charge in [0.25, 0.3) is 0 Å². The number of carbonyl (C=O) groups is 4. The maximum absolute atomic E-state index is 12.3. The van der Waals surface area contributed by atoms with Gasteiger partial charge in [-0.05, 0) is 25.0 Å². The molecule has 0 spiro atoms. The first-order chi connectivity index (χ1) is 12.5. The average molecular weight is 357 g/mol. The Hall–Kier alpha value is -2.96. The van der Waals surface area contributed by atoms with Gasteiger partial charge in [-0.3, -0.25) is 24.1 Å². The fourth-order valence-corrected chi connectivity index (χ4v) is 3.23. The molecule has 7 heteroatoms. The van der Waals surface area contributed by atoms with E-state index in [0.717, 1.165) is 4.90 Å². The Morgan fingerprint density at radius 2 is 1.77 bits per heavy atom. The van der Waals surface area contributed by atoms with Crippen molar-refractivity contribution in [2.45, 2.75) is 12.8 Å². The minimum absolute atomic E-state index is 0.347. The number of ketones is 1. The standard InChI is InChI=1S/C19H19NO6/c1-25-13-6-4-5-12(9-13)16(21)11-26-17(22)10-20-18(23)14-7-2-3-8-15(14)19(20)24/h2-6,9,14-15H,7-8,10-11H2,1H3/t14-,15+. The summed E-state index contributed by atoms with van der Waals surface area (Å²) >= 11 is 0. The number of rotatable bonds is 6. The first kappa shape index (κ1) is 17.8. The summed E-state index contributed by atoms with van der Waals surface area (Å²) in [6, 6.07) is 6.48. The SMILES string of the molecule is COc1cccc(C(=O)COC(=O)CN2C(=O)[C@H]3CC=CC[C@H]3C2=O)c1. The van der Waals surface area contributed by atoms with E-state index in [-0.39, 0.29) is 11.8 Å². The first-order valence-corrected chi connectivity index (χ1v) is 8.34. The molecule has 136 valence electrons. The lowest BCUT2D eigenvalue weighted by Crippen LogP contribution is -2.37. The highest BCUT2D eigenvalue weighted by Gasteiger charge is 2.47. The van der Waals surface area contributed by atoms with Crippen molar-refractivity contribution in [1.29, 1.82) is 0 Å². The highest BCUT2D eigenvalue weighted by molar-refractivity contribution is 6.07. The predicted octanol–water partition coefficient (Wildman–Crippen LogP) is 1.37. The second-order valence-electron chi connectivity index (χ2n) is 6.23. The van der Waals surface area contributed by atoms with Gasteiger partial charge in [0.05, 0.1) is 18.9 Å². The van der Waals surface area contributed by atoms with E-state index in [4.69, 9.17) is 9.47 Å². The third-order valence-corrected chi connectivity index (χ3v) is 4.64. The molecule has 0 aromatic heterocycles. The van der Waals surface area contributed by atoms with Crippen molar-refractivity contribution in [3.05, 3.63) is 42.0 Å². The number of amides is 2. The Morgan fingerprint density at radius 3 is 2.38 bits per heavy atom. The maximum atomic E-state index is 12.3.